The van der Waals surface area contributed by atoms with Gasteiger partial charge in [-0.25, -0.2) is 0 Å². The fourth-order valence-electron chi connectivity index (χ4n) is 1.79. The van der Waals surface area contributed by atoms with Crippen molar-refractivity contribution in [3.8, 4) is 0 Å². The minimum absolute atomic E-state index is 0.410. The Kier molecular flexibility index (Phi) is 3.56. The number of nitrogens with one attached hydrogen (secondary N) is 1. The molecule has 19 heavy (non-hydrogen) atoms. The maximum Gasteiger partial charge on any atom is 0.281 e. The quantitative estimate of drug-likeness (QED) is 0.502. The highest BCUT2D eigenvalue weighted by atomic mass is 16.3. The van der Waals surface area contributed by atoms with Gasteiger partial charge < -0.3 is 10.4 Å². The summed E-state index contributed by atoms with van der Waals surface area (Å²) in [6.45, 7) is 1.24. The fraction of sp³-hybridized carbons (Fsp3) is 0.0714. The minimum Gasteiger partial charge on any atom is -0.510 e. The molecular formula is C14H12N2O3. The second-order valence-corrected chi connectivity index (χ2v) is 4.01. The van der Waals surface area contributed by atoms with Crippen LogP contribution in [0.25, 0.3) is 10.8 Å². The van der Waals surface area contributed by atoms with E-state index in [1.165, 1.54) is 6.92 Å². The highest BCUT2D eigenvalue weighted by Gasteiger charge is 2.15. The second-order valence-electron chi connectivity index (χ2n) is 4.01. The molecule has 1 amide bonds. The van der Waals surface area contributed by atoms with Gasteiger partial charge in [0.1, 0.15) is 5.76 Å². The number of carbonyl (C=O) groups excluding carboxylic acids is 1. The molecule has 0 aliphatic heterocycles. The summed E-state index contributed by atoms with van der Waals surface area (Å²) < 4.78 is 0. The molecule has 96 valence electrons. The van der Waals surface area contributed by atoms with Crippen LogP contribution in [0.15, 0.2) is 59.1 Å². The summed E-state index contributed by atoms with van der Waals surface area (Å²) in [6.07, 6.45) is 0. The van der Waals surface area contributed by atoms with Crippen molar-refractivity contribution in [3.05, 3.63) is 58.8 Å². The Bertz CT molecular complexity index is 668. The van der Waals surface area contributed by atoms with Gasteiger partial charge in [0.2, 0.25) is 5.70 Å². The van der Waals surface area contributed by atoms with E-state index in [2.05, 4.69) is 10.5 Å². The van der Waals surface area contributed by atoms with Gasteiger partial charge in [-0.15, -0.1) is 4.91 Å². The van der Waals surface area contributed by atoms with Crippen molar-refractivity contribution in [3.63, 3.8) is 0 Å². The Morgan fingerprint density at radius 3 is 2.53 bits per heavy atom. The number of hydrogen-bond acceptors (Lipinski definition) is 4. The van der Waals surface area contributed by atoms with Gasteiger partial charge in [-0.1, -0.05) is 36.4 Å². The van der Waals surface area contributed by atoms with Gasteiger partial charge in [0.25, 0.3) is 5.91 Å². The van der Waals surface area contributed by atoms with E-state index in [1.807, 2.05) is 30.3 Å². The topological polar surface area (TPSA) is 78.8 Å². The average molecular weight is 256 g/mol. The second kappa shape index (κ2) is 5.30. The number of amides is 1. The predicted octanol–water partition coefficient (Wildman–Crippen LogP) is 3.33. The van der Waals surface area contributed by atoms with Crippen LogP contribution in [0.4, 0.5) is 5.69 Å². The standard InChI is InChI=1S/C14H12N2O3/c1-9(17)13(16-19)14(18)15-12-8-4-6-10-5-2-3-7-11(10)12/h2-8,17H,1H3,(H,15,18)/b13-9+. The molecule has 0 spiro atoms. The van der Waals surface area contributed by atoms with Crippen LogP contribution in [0.3, 0.4) is 0 Å². The normalized spacial score (nSPS) is 11.8. The van der Waals surface area contributed by atoms with Crippen LogP contribution in [0.5, 0.6) is 0 Å². The summed E-state index contributed by atoms with van der Waals surface area (Å²) in [6, 6.07) is 12.9. The fourth-order valence-corrected chi connectivity index (χ4v) is 1.79. The summed E-state index contributed by atoms with van der Waals surface area (Å²) in [5, 5.41) is 16.1. The third kappa shape index (κ3) is 2.60. The Labute approximate surface area is 109 Å². The van der Waals surface area contributed by atoms with E-state index in [4.69, 9.17) is 0 Å². The number of rotatable bonds is 3. The first-order chi connectivity index (χ1) is 9.13. The van der Waals surface area contributed by atoms with E-state index in [9.17, 15) is 14.8 Å². The number of anilines is 1. The first-order valence-corrected chi connectivity index (χ1v) is 5.66. The number of fused-ring (bicyclic) bond motifs is 1. The highest BCUT2D eigenvalue weighted by Crippen LogP contribution is 2.23. The van der Waals surface area contributed by atoms with Crippen LogP contribution in [0.2, 0.25) is 0 Å². The number of hydrogen-bond donors (Lipinski definition) is 2. The van der Waals surface area contributed by atoms with Crippen molar-refractivity contribution in [2.75, 3.05) is 5.32 Å². The molecule has 2 N–H and O–H groups in total. The smallest absolute Gasteiger partial charge is 0.281 e. The van der Waals surface area contributed by atoms with E-state index in [1.54, 1.807) is 12.1 Å². The number of carbonyl (C=O) groups is 1. The van der Waals surface area contributed by atoms with Gasteiger partial charge in [0.15, 0.2) is 0 Å². The average Bonchev–Trinajstić information content (AvgIpc) is 2.39. The number of aliphatic hydroxyl groups excluding tert-OH is 1. The third-order valence-electron chi connectivity index (χ3n) is 2.69. The van der Waals surface area contributed by atoms with Gasteiger partial charge in [-0.05, 0) is 23.6 Å². The Morgan fingerprint density at radius 1 is 1.16 bits per heavy atom. The van der Waals surface area contributed by atoms with E-state index >= 15 is 0 Å². The number of nitrogens with zero attached hydrogens (tertiary/aromatic N) is 1. The molecule has 0 bridgehead atoms. The first-order valence-electron chi connectivity index (χ1n) is 5.66. The maximum absolute atomic E-state index is 11.8. The zero-order valence-corrected chi connectivity index (χ0v) is 10.3. The molecular weight excluding hydrogens is 244 g/mol. The lowest BCUT2D eigenvalue weighted by molar-refractivity contribution is -0.113. The Morgan fingerprint density at radius 2 is 1.84 bits per heavy atom. The summed E-state index contributed by atoms with van der Waals surface area (Å²) in [5.74, 6) is -1.14. The third-order valence-corrected chi connectivity index (χ3v) is 2.69. The van der Waals surface area contributed by atoms with Crippen LogP contribution in [-0.2, 0) is 4.79 Å². The minimum atomic E-state index is -0.730. The molecule has 0 atom stereocenters. The number of allylic oxidation sites excluding steroid dienone is 1. The molecule has 0 aromatic heterocycles. The van der Waals surface area contributed by atoms with E-state index in [-0.39, 0.29) is 0 Å². The van der Waals surface area contributed by atoms with Gasteiger partial charge in [0.05, 0.1) is 0 Å². The lowest BCUT2D eigenvalue weighted by atomic mass is 10.1. The van der Waals surface area contributed by atoms with E-state index in [0.29, 0.717) is 5.69 Å². The molecule has 0 fully saturated rings. The molecule has 0 heterocycles. The summed E-state index contributed by atoms with van der Waals surface area (Å²) in [7, 11) is 0. The monoisotopic (exact) mass is 256 g/mol. The van der Waals surface area contributed by atoms with Crippen molar-refractivity contribution >= 4 is 22.4 Å². The van der Waals surface area contributed by atoms with Crippen LogP contribution >= 0.6 is 0 Å². The van der Waals surface area contributed by atoms with Crippen LogP contribution in [-0.4, -0.2) is 11.0 Å². The molecule has 0 radical (unpaired) electrons. The molecule has 0 aliphatic rings. The number of aliphatic hydroxyl groups is 1. The van der Waals surface area contributed by atoms with Gasteiger partial charge in [-0.2, -0.15) is 0 Å². The van der Waals surface area contributed by atoms with Gasteiger partial charge >= 0.3 is 0 Å². The van der Waals surface area contributed by atoms with Crippen molar-refractivity contribution < 1.29 is 9.90 Å². The van der Waals surface area contributed by atoms with Crippen LogP contribution in [0, 0.1) is 4.91 Å². The SMILES string of the molecule is C/C(O)=C(\N=O)C(=O)Nc1cccc2ccccc12. The molecule has 2 aromatic carbocycles. The Hall–Kier alpha value is -2.69. The molecule has 2 aromatic rings. The molecule has 5 heteroatoms. The summed E-state index contributed by atoms with van der Waals surface area (Å²) in [4.78, 5) is 22.3. The molecule has 0 saturated heterocycles. The van der Waals surface area contributed by atoms with Crippen molar-refractivity contribution in [1.29, 1.82) is 0 Å². The van der Waals surface area contributed by atoms with Crippen LogP contribution in [0.1, 0.15) is 6.92 Å². The van der Waals surface area contributed by atoms with E-state index in [0.717, 1.165) is 10.8 Å². The Balaban J connectivity index is 2.40. The highest BCUT2D eigenvalue weighted by molar-refractivity contribution is 6.08. The summed E-state index contributed by atoms with van der Waals surface area (Å²) in [5.41, 5.74) is 0.0402. The molecule has 0 unspecified atom stereocenters. The number of nitroso groups, excluding NO2 is 1. The van der Waals surface area contributed by atoms with Gasteiger partial charge in [0, 0.05) is 11.1 Å². The molecule has 2 rings (SSSR count). The van der Waals surface area contributed by atoms with E-state index < -0.39 is 17.4 Å². The first kappa shape index (κ1) is 12.8. The van der Waals surface area contributed by atoms with Crippen molar-refractivity contribution in [2.45, 2.75) is 6.92 Å². The largest absolute Gasteiger partial charge is 0.510 e. The summed E-state index contributed by atoms with van der Waals surface area (Å²) >= 11 is 0. The molecule has 0 aliphatic carbocycles. The van der Waals surface area contributed by atoms with Gasteiger partial charge in [-0.3, -0.25) is 4.79 Å². The molecule has 5 nitrogen and oxygen atoms in total. The van der Waals surface area contributed by atoms with Crippen molar-refractivity contribution in [2.24, 2.45) is 5.18 Å². The lowest BCUT2D eigenvalue weighted by Gasteiger charge is -2.08. The maximum atomic E-state index is 11.8. The van der Waals surface area contributed by atoms with Crippen LogP contribution < -0.4 is 5.32 Å². The lowest BCUT2D eigenvalue weighted by Crippen LogP contribution is -2.14. The zero-order chi connectivity index (χ0) is 13.8. The molecule has 0 saturated carbocycles. The predicted molar refractivity (Wildman–Crippen MR) is 73.7 cm³/mol. The number of benzene rings is 2. The van der Waals surface area contributed by atoms with Crippen molar-refractivity contribution in [1.82, 2.24) is 0 Å². The zero-order valence-electron chi connectivity index (χ0n) is 10.3.